The van der Waals surface area contributed by atoms with Crippen LogP contribution in [-0.2, 0) is 25.4 Å². The summed E-state index contributed by atoms with van der Waals surface area (Å²) in [5.41, 5.74) is 0.618. The maximum atomic E-state index is 16.5. The minimum absolute atomic E-state index is 0.00879. The van der Waals surface area contributed by atoms with Gasteiger partial charge in [-0.25, -0.2) is 19.2 Å². The van der Waals surface area contributed by atoms with Crippen molar-refractivity contribution in [2.75, 3.05) is 42.6 Å². The molecule has 7 heterocycles. The van der Waals surface area contributed by atoms with Gasteiger partial charge in [-0.15, -0.1) is 0 Å². The van der Waals surface area contributed by atoms with Gasteiger partial charge in [0.25, 0.3) is 0 Å². The SMILES string of the molecule is C[C@@H]1CN2c3c(cc4c(-c5ccnc(N6CCOCC6)n5)noc4c3F)CC3(C(=O)NC(=O)NC4OC43)[C@H]2[C@H](C)O1. The third kappa shape index (κ3) is 3.60. The second-order valence-corrected chi connectivity index (χ2v) is 11.3. The quantitative estimate of drug-likeness (QED) is 0.434. The molecule has 0 radical (unpaired) electrons. The molecule has 4 saturated heterocycles. The van der Waals surface area contributed by atoms with Crippen molar-refractivity contribution in [1.29, 1.82) is 0 Å². The summed E-state index contributed by atoms with van der Waals surface area (Å²) in [5.74, 6) is -0.498. The number of hydrogen-bond acceptors (Lipinski definition) is 11. The lowest BCUT2D eigenvalue weighted by atomic mass is 9.65. The van der Waals surface area contributed by atoms with Gasteiger partial charge >= 0.3 is 6.03 Å². The molecule has 3 unspecified atom stereocenters. The van der Waals surface area contributed by atoms with E-state index >= 15 is 4.39 Å². The highest BCUT2D eigenvalue weighted by atomic mass is 19.1. The fourth-order valence-corrected chi connectivity index (χ4v) is 7.19. The van der Waals surface area contributed by atoms with Crippen LogP contribution in [0.2, 0.25) is 0 Å². The molecule has 1 spiro atoms. The van der Waals surface area contributed by atoms with E-state index < -0.39 is 47.6 Å². The van der Waals surface area contributed by atoms with E-state index in [4.69, 9.17) is 23.7 Å². The number of ether oxygens (including phenoxy) is 3. The first kappa shape index (κ1) is 24.9. The molecule has 2 aromatic heterocycles. The lowest BCUT2D eigenvalue weighted by Crippen LogP contribution is -2.69. The molecule has 5 aliphatic rings. The van der Waals surface area contributed by atoms with Gasteiger partial charge in [-0.1, -0.05) is 5.16 Å². The van der Waals surface area contributed by atoms with E-state index in [0.717, 1.165) is 0 Å². The maximum absolute atomic E-state index is 16.5. The minimum atomic E-state index is -1.20. The van der Waals surface area contributed by atoms with E-state index in [1.807, 2.05) is 29.7 Å². The number of epoxide rings is 1. The number of halogens is 1. The zero-order valence-corrected chi connectivity index (χ0v) is 22.4. The van der Waals surface area contributed by atoms with Crippen LogP contribution in [0.15, 0.2) is 22.9 Å². The highest BCUT2D eigenvalue weighted by Gasteiger charge is 2.69. The monoisotopic (exact) mass is 565 g/mol. The van der Waals surface area contributed by atoms with Crippen LogP contribution in [0.5, 0.6) is 0 Å². The summed E-state index contributed by atoms with van der Waals surface area (Å²) in [4.78, 5) is 39.2. The Morgan fingerprint density at radius 1 is 1.17 bits per heavy atom. The molecule has 5 aliphatic heterocycles. The summed E-state index contributed by atoms with van der Waals surface area (Å²) < 4.78 is 39.6. The summed E-state index contributed by atoms with van der Waals surface area (Å²) in [7, 11) is 0. The highest BCUT2D eigenvalue weighted by molar-refractivity contribution is 6.02. The number of urea groups is 1. The minimum Gasteiger partial charge on any atom is -0.378 e. The Hall–Kier alpha value is -3.88. The van der Waals surface area contributed by atoms with Crippen molar-refractivity contribution in [2.24, 2.45) is 5.41 Å². The Bertz CT molecular complexity index is 1590. The van der Waals surface area contributed by atoms with Crippen LogP contribution in [-0.4, -0.2) is 90.5 Å². The molecule has 3 aromatic rings. The van der Waals surface area contributed by atoms with Crippen molar-refractivity contribution in [3.63, 3.8) is 0 Å². The van der Waals surface area contributed by atoms with E-state index in [1.165, 1.54) is 0 Å². The topological polar surface area (TPSA) is 147 Å². The van der Waals surface area contributed by atoms with E-state index in [0.29, 0.717) is 66.8 Å². The van der Waals surface area contributed by atoms with Crippen LogP contribution in [0.25, 0.3) is 22.4 Å². The van der Waals surface area contributed by atoms with Crippen molar-refractivity contribution in [3.8, 4) is 11.4 Å². The molecule has 41 heavy (non-hydrogen) atoms. The Morgan fingerprint density at radius 3 is 2.83 bits per heavy atom. The predicted octanol–water partition coefficient (Wildman–Crippen LogP) is 1.35. The first-order valence-electron chi connectivity index (χ1n) is 13.8. The van der Waals surface area contributed by atoms with Crippen LogP contribution in [0.1, 0.15) is 19.4 Å². The molecule has 2 N–H and O–H groups in total. The van der Waals surface area contributed by atoms with Crippen molar-refractivity contribution >= 4 is 34.5 Å². The third-order valence-electron chi connectivity index (χ3n) is 8.84. The van der Waals surface area contributed by atoms with Crippen molar-refractivity contribution in [3.05, 3.63) is 29.7 Å². The second-order valence-electron chi connectivity index (χ2n) is 11.3. The Balaban J connectivity index is 1.28. The standard InChI is InChI=1S/C27H28FN7O6/c1-12-11-35-19-14(10-27(21(35)13(2)39-12)22-23(40-22)31-26(37)32-24(27)36)9-15-18(33-41-20(15)17(19)28)16-3-4-29-25(30-16)34-5-7-38-8-6-34/h3-4,9,12-13,21-23H,5-8,10-11H2,1-2H3,(H2,31,32,36,37)/t12-,13+,21-,22?,23?,27?/m1/s1. The number of carbonyl (C=O) groups excluding carboxylic acids is 2. The molecule has 6 atom stereocenters. The summed E-state index contributed by atoms with van der Waals surface area (Å²) >= 11 is 0. The van der Waals surface area contributed by atoms with Gasteiger partial charge in [0.15, 0.2) is 12.0 Å². The number of aromatic nitrogens is 3. The average molecular weight is 566 g/mol. The van der Waals surface area contributed by atoms with Gasteiger partial charge in [0.1, 0.15) is 17.2 Å². The van der Waals surface area contributed by atoms with Gasteiger partial charge < -0.3 is 33.9 Å². The summed E-state index contributed by atoms with van der Waals surface area (Å²) in [6, 6.07) is 2.34. The number of anilines is 2. The molecule has 1 aromatic carbocycles. The fourth-order valence-electron chi connectivity index (χ4n) is 7.19. The van der Waals surface area contributed by atoms with Crippen LogP contribution in [0, 0.1) is 11.2 Å². The number of benzene rings is 1. The molecule has 14 heteroatoms. The number of nitrogens with one attached hydrogen (secondary N) is 2. The number of imide groups is 1. The normalized spacial score (nSPS) is 32.6. The number of nitrogens with zero attached hydrogens (tertiary/aromatic N) is 5. The first-order chi connectivity index (χ1) is 19.8. The summed E-state index contributed by atoms with van der Waals surface area (Å²) in [6.07, 6.45) is -0.107. The number of amides is 3. The largest absolute Gasteiger partial charge is 0.378 e. The zero-order valence-electron chi connectivity index (χ0n) is 22.4. The number of morpholine rings is 2. The smallest absolute Gasteiger partial charge is 0.323 e. The Kier molecular flexibility index (Phi) is 5.34. The number of rotatable bonds is 2. The van der Waals surface area contributed by atoms with Gasteiger partial charge in [0.05, 0.1) is 48.2 Å². The van der Waals surface area contributed by atoms with Crippen LogP contribution < -0.4 is 20.4 Å². The Morgan fingerprint density at radius 2 is 2.00 bits per heavy atom. The van der Waals surface area contributed by atoms with E-state index in [-0.39, 0.29) is 18.1 Å². The van der Waals surface area contributed by atoms with Gasteiger partial charge in [-0.05, 0) is 38.0 Å². The van der Waals surface area contributed by atoms with Gasteiger partial charge in [0, 0.05) is 25.8 Å². The molecule has 0 saturated carbocycles. The second kappa shape index (κ2) is 8.81. The lowest BCUT2D eigenvalue weighted by molar-refractivity contribution is -0.140. The van der Waals surface area contributed by atoms with Gasteiger partial charge in [-0.3, -0.25) is 10.1 Å². The number of hydrogen-bond donors (Lipinski definition) is 2. The van der Waals surface area contributed by atoms with E-state index in [9.17, 15) is 9.59 Å². The van der Waals surface area contributed by atoms with Crippen LogP contribution >= 0.6 is 0 Å². The predicted molar refractivity (Wildman–Crippen MR) is 141 cm³/mol. The lowest BCUT2D eigenvalue weighted by Gasteiger charge is -2.55. The molecule has 214 valence electrons. The first-order valence-corrected chi connectivity index (χ1v) is 13.8. The van der Waals surface area contributed by atoms with Crippen molar-refractivity contribution in [1.82, 2.24) is 25.8 Å². The zero-order chi connectivity index (χ0) is 28.0. The van der Waals surface area contributed by atoms with E-state index in [1.54, 1.807) is 12.3 Å². The number of fused-ring (bicyclic) bond motifs is 7. The van der Waals surface area contributed by atoms with Crippen LogP contribution in [0.3, 0.4) is 0 Å². The third-order valence-corrected chi connectivity index (χ3v) is 8.84. The van der Waals surface area contributed by atoms with Crippen LogP contribution in [0.4, 0.5) is 20.8 Å². The Labute approximate surface area is 233 Å². The maximum Gasteiger partial charge on any atom is 0.323 e. The summed E-state index contributed by atoms with van der Waals surface area (Å²) in [6.45, 7) is 6.61. The molecule has 3 amide bonds. The molecule has 0 aliphatic carbocycles. The van der Waals surface area contributed by atoms with E-state index in [2.05, 4.69) is 20.8 Å². The molecular formula is C27H28FN7O6. The summed E-state index contributed by atoms with van der Waals surface area (Å²) in [5, 5.41) is 9.83. The van der Waals surface area contributed by atoms with Gasteiger partial charge in [-0.2, -0.15) is 0 Å². The average Bonchev–Trinajstić information content (AvgIpc) is 3.61. The molecular weight excluding hydrogens is 537 g/mol. The highest BCUT2D eigenvalue weighted by Crippen LogP contribution is 2.55. The van der Waals surface area contributed by atoms with Crippen molar-refractivity contribution in [2.45, 2.75) is 50.8 Å². The fraction of sp³-hybridized carbons (Fsp3) is 0.519. The molecule has 0 bridgehead atoms. The van der Waals surface area contributed by atoms with Gasteiger partial charge in [0.2, 0.25) is 17.4 Å². The molecule has 13 nitrogen and oxygen atoms in total. The molecule has 8 rings (SSSR count). The molecule has 4 fully saturated rings. The number of carbonyl (C=O) groups is 2. The van der Waals surface area contributed by atoms with Crippen molar-refractivity contribution < 1.29 is 32.7 Å².